The number of aromatic nitrogens is 3. The van der Waals surface area contributed by atoms with Gasteiger partial charge in [-0.05, 0) is 11.6 Å². The fraction of sp³-hybridized carbons (Fsp3) is 0. The maximum absolute atomic E-state index is 11.0. The molecule has 0 aliphatic rings. The molecule has 0 fully saturated rings. The number of hydrogen-bond donors (Lipinski definition) is 2. The molecule has 0 spiro atoms. The fourth-order valence-corrected chi connectivity index (χ4v) is 1.23. The zero-order chi connectivity index (χ0) is 12.1. The van der Waals surface area contributed by atoms with Gasteiger partial charge in [0.2, 0.25) is 0 Å². The molecule has 0 saturated heterocycles. The smallest absolute Gasteiger partial charge is 0.246 e. The third kappa shape index (κ3) is 2.69. The molecule has 1 aromatic carbocycles. The van der Waals surface area contributed by atoms with Gasteiger partial charge in [-0.15, -0.1) is 4.68 Å². The van der Waals surface area contributed by atoms with Crippen LogP contribution in [0.2, 0.25) is 0 Å². The highest BCUT2D eigenvalue weighted by atomic mass is 16.2. The molecule has 17 heavy (non-hydrogen) atoms. The molecule has 0 atom stereocenters. The average molecular weight is 230 g/mol. The summed E-state index contributed by atoms with van der Waals surface area (Å²) in [6, 6.07) is 9.61. The van der Waals surface area contributed by atoms with Crippen LogP contribution in [0.5, 0.6) is 0 Å². The highest BCUT2D eigenvalue weighted by Crippen LogP contribution is 1.99. The minimum Gasteiger partial charge on any atom is -0.246 e. The van der Waals surface area contributed by atoms with E-state index < -0.39 is 11.4 Å². The Morgan fingerprint density at radius 1 is 1.06 bits per heavy atom. The summed E-state index contributed by atoms with van der Waals surface area (Å²) < 4.78 is 0.704. The first-order valence-corrected chi connectivity index (χ1v) is 4.93. The minimum absolute atomic E-state index is 0.598. The highest BCUT2D eigenvalue weighted by Gasteiger charge is 1.96. The van der Waals surface area contributed by atoms with Crippen LogP contribution in [0.15, 0.2) is 51.1 Å². The largest absolute Gasteiger partial charge is 0.365 e. The van der Waals surface area contributed by atoms with Gasteiger partial charge in [-0.1, -0.05) is 36.4 Å². The lowest BCUT2D eigenvalue weighted by atomic mass is 10.2. The van der Waals surface area contributed by atoms with Crippen molar-refractivity contribution in [2.75, 3.05) is 0 Å². The molecular weight excluding hydrogens is 220 g/mol. The molecule has 1 heterocycles. The van der Waals surface area contributed by atoms with E-state index in [-0.39, 0.29) is 0 Å². The molecule has 0 saturated carbocycles. The highest BCUT2D eigenvalue weighted by molar-refractivity contribution is 5.78. The van der Waals surface area contributed by atoms with Gasteiger partial charge in [0.15, 0.2) is 0 Å². The van der Waals surface area contributed by atoms with Crippen LogP contribution in [0.3, 0.4) is 0 Å². The standard InChI is InChI=1S/C11H10N4O2/c16-10-13-14-11(17)15(10)12-8-4-7-9-5-2-1-3-6-9/h1-8H,(H,13,16)(H,14,17)/b7-4-,12-8-. The van der Waals surface area contributed by atoms with Crippen molar-refractivity contribution in [3.05, 3.63) is 62.9 Å². The zero-order valence-electron chi connectivity index (χ0n) is 8.83. The lowest BCUT2D eigenvalue weighted by molar-refractivity contribution is 0.802. The molecule has 0 aliphatic carbocycles. The quantitative estimate of drug-likeness (QED) is 0.749. The summed E-state index contributed by atoms with van der Waals surface area (Å²) in [6.45, 7) is 0. The first-order chi connectivity index (χ1) is 8.27. The van der Waals surface area contributed by atoms with Crippen molar-refractivity contribution in [2.45, 2.75) is 0 Å². The van der Waals surface area contributed by atoms with E-state index in [4.69, 9.17) is 0 Å². The second-order valence-corrected chi connectivity index (χ2v) is 3.21. The van der Waals surface area contributed by atoms with Gasteiger partial charge in [-0.25, -0.2) is 19.8 Å². The predicted octanol–water partition coefficient (Wildman–Crippen LogP) is 0.412. The van der Waals surface area contributed by atoms with E-state index >= 15 is 0 Å². The van der Waals surface area contributed by atoms with Crippen molar-refractivity contribution in [3.63, 3.8) is 0 Å². The SMILES string of the molecule is O=c1[nH][nH]c(=O)n1/N=C\C=C/c1ccccc1. The van der Waals surface area contributed by atoms with Gasteiger partial charge in [0.05, 0.1) is 0 Å². The van der Waals surface area contributed by atoms with Gasteiger partial charge in [0.25, 0.3) is 0 Å². The Morgan fingerprint density at radius 2 is 1.71 bits per heavy atom. The Balaban J connectivity index is 2.11. The average Bonchev–Trinajstić information content (AvgIpc) is 2.67. The van der Waals surface area contributed by atoms with Crippen LogP contribution in [0, 0.1) is 0 Å². The molecule has 0 aliphatic heterocycles. The monoisotopic (exact) mass is 230 g/mol. The third-order valence-corrected chi connectivity index (χ3v) is 2.02. The van der Waals surface area contributed by atoms with Crippen LogP contribution in [0.4, 0.5) is 0 Å². The van der Waals surface area contributed by atoms with E-state index in [1.54, 1.807) is 6.08 Å². The number of aromatic amines is 2. The van der Waals surface area contributed by atoms with E-state index in [0.29, 0.717) is 4.68 Å². The molecule has 86 valence electrons. The maximum Gasteiger partial charge on any atom is 0.365 e. The van der Waals surface area contributed by atoms with Crippen molar-refractivity contribution in [3.8, 4) is 0 Å². The van der Waals surface area contributed by atoms with Gasteiger partial charge in [-0.3, -0.25) is 0 Å². The van der Waals surface area contributed by atoms with E-state index in [9.17, 15) is 9.59 Å². The zero-order valence-corrected chi connectivity index (χ0v) is 8.83. The number of hydrogen-bond acceptors (Lipinski definition) is 3. The Kier molecular flexibility index (Phi) is 3.15. The van der Waals surface area contributed by atoms with Crippen LogP contribution >= 0.6 is 0 Å². The number of H-pyrrole nitrogens is 2. The second kappa shape index (κ2) is 4.93. The van der Waals surface area contributed by atoms with Crippen LogP contribution in [0.25, 0.3) is 6.08 Å². The lowest BCUT2D eigenvalue weighted by Gasteiger charge is -1.88. The first kappa shape index (κ1) is 10.9. The van der Waals surface area contributed by atoms with Gasteiger partial charge >= 0.3 is 11.4 Å². The van der Waals surface area contributed by atoms with Crippen LogP contribution < -0.4 is 11.4 Å². The van der Waals surface area contributed by atoms with Gasteiger partial charge < -0.3 is 0 Å². The van der Waals surface area contributed by atoms with Crippen molar-refractivity contribution < 1.29 is 0 Å². The maximum atomic E-state index is 11.0. The summed E-state index contributed by atoms with van der Waals surface area (Å²) in [5.74, 6) is 0. The van der Waals surface area contributed by atoms with Crippen molar-refractivity contribution in [1.29, 1.82) is 0 Å². The minimum atomic E-state index is -0.598. The summed E-state index contributed by atoms with van der Waals surface area (Å²) in [5.41, 5.74) is -0.187. The summed E-state index contributed by atoms with van der Waals surface area (Å²) in [6.07, 6.45) is 4.83. The first-order valence-electron chi connectivity index (χ1n) is 4.93. The Morgan fingerprint density at radius 3 is 2.35 bits per heavy atom. The second-order valence-electron chi connectivity index (χ2n) is 3.21. The summed E-state index contributed by atoms with van der Waals surface area (Å²) in [7, 11) is 0. The summed E-state index contributed by atoms with van der Waals surface area (Å²) in [4.78, 5) is 22.1. The number of nitrogens with zero attached hydrogens (tertiary/aromatic N) is 2. The van der Waals surface area contributed by atoms with Crippen molar-refractivity contribution in [1.82, 2.24) is 14.9 Å². The Bertz CT molecular complexity index is 618. The fourth-order valence-electron chi connectivity index (χ4n) is 1.23. The normalized spacial score (nSPS) is 11.5. The summed E-state index contributed by atoms with van der Waals surface area (Å²) >= 11 is 0. The van der Waals surface area contributed by atoms with Crippen molar-refractivity contribution in [2.24, 2.45) is 5.10 Å². The lowest BCUT2D eigenvalue weighted by Crippen LogP contribution is -2.22. The molecule has 2 aromatic rings. The molecule has 0 amide bonds. The molecule has 6 heteroatoms. The predicted molar refractivity (Wildman–Crippen MR) is 65.0 cm³/mol. The molecule has 6 nitrogen and oxygen atoms in total. The summed E-state index contributed by atoms with van der Waals surface area (Å²) in [5, 5.41) is 7.95. The topological polar surface area (TPSA) is 83.0 Å². The number of nitrogens with one attached hydrogen (secondary N) is 2. The molecule has 1 aromatic heterocycles. The van der Waals surface area contributed by atoms with Crippen molar-refractivity contribution >= 4 is 12.3 Å². The van der Waals surface area contributed by atoms with Crippen LogP contribution in [-0.4, -0.2) is 21.1 Å². The molecule has 2 N–H and O–H groups in total. The van der Waals surface area contributed by atoms with E-state index in [1.807, 2.05) is 36.4 Å². The van der Waals surface area contributed by atoms with E-state index in [1.165, 1.54) is 6.21 Å². The molecule has 2 rings (SSSR count). The molecule has 0 radical (unpaired) electrons. The third-order valence-electron chi connectivity index (χ3n) is 2.02. The van der Waals surface area contributed by atoms with E-state index in [0.717, 1.165) is 5.56 Å². The van der Waals surface area contributed by atoms with E-state index in [2.05, 4.69) is 15.3 Å². The number of allylic oxidation sites excluding steroid dienone is 1. The van der Waals surface area contributed by atoms with Gasteiger partial charge in [-0.2, -0.15) is 5.10 Å². The van der Waals surface area contributed by atoms with Gasteiger partial charge in [0, 0.05) is 6.21 Å². The molecule has 0 bridgehead atoms. The molecule has 0 unspecified atom stereocenters. The molecular formula is C11H10N4O2. The number of benzene rings is 1. The van der Waals surface area contributed by atoms with Crippen LogP contribution in [-0.2, 0) is 0 Å². The van der Waals surface area contributed by atoms with Crippen LogP contribution in [0.1, 0.15) is 5.56 Å². The van der Waals surface area contributed by atoms with Gasteiger partial charge in [0.1, 0.15) is 0 Å². The number of rotatable bonds is 3. The Labute approximate surface area is 95.9 Å². The Hall–Kier alpha value is -2.63.